The second-order valence-electron chi connectivity index (χ2n) is 4.46. The maximum absolute atomic E-state index is 11.1. The second kappa shape index (κ2) is 14.5. The molecule has 0 amide bonds. The van der Waals surface area contributed by atoms with Crippen molar-refractivity contribution in [1.29, 1.82) is 0 Å². The highest BCUT2D eigenvalue weighted by molar-refractivity contribution is 7.61. The lowest BCUT2D eigenvalue weighted by atomic mass is 10.2. The molecule has 10 heteroatoms. The van der Waals surface area contributed by atoms with E-state index in [-0.39, 0.29) is 24.8 Å². The molecular weight excluding hydrogens is 356 g/mol. The molecule has 1 aromatic rings. The number of methoxy groups -OCH3 is 1. The van der Waals surface area contributed by atoms with Gasteiger partial charge in [0.15, 0.2) is 12.0 Å². The first kappa shape index (κ1) is 24.1. The van der Waals surface area contributed by atoms with Gasteiger partial charge in [-0.2, -0.15) is 12.8 Å². The zero-order valence-corrected chi connectivity index (χ0v) is 15.2. The highest BCUT2D eigenvalue weighted by Crippen LogP contribution is 2.04. The van der Waals surface area contributed by atoms with Crippen LogP contribution in [-0.2, 0) is 20.0 Å². The average molecular weight is 379 g/mol. The van der Waals surface area contributed by atoms with Gasteiger partial charge in [0.05, 0.1) is 7.11 Å². The van der Waals surface area contributed by atoms with Crippen molar-refractivity contribution < 1.29 is 17.9 Å². The maximum Gasteiger partial charge on any atom is 0.331 e. The molecule has 0 saturated carbocycles. The summed E-state index contributed by atoms with van der Waals surface area (Å²) >= 11 is 0. The van der Waals surface area contributed by atoms with Crippen molar-refractivity contribution in [3.8, 4) is 0 Å². The molecule has 0 aliphatic heterocycles. The lowest BCUT2D eigenvalue weighted by Crippen LogP contribution is -2.23. The van der Waals surface area contributed by atoms with Crippen molar-refractivity contribution in [1.82, 2.24) is 0 Å². The van der Waals surface area contributed by atoms with E-state index >= 15 is 0 Å². The van der Waals surface area contributed by atoms with Gasteiger partial charge in [0.25, 0.3) is 0 Å². The number of rotatable bonds is 6. The summed E-state index contributed by atoms with van der Waals surface area (Å²) in [6.07, 6.45) is 0.635. The van der Waals surface area contributed by atoms with Crippen LogP contribution >= 0.6 is 12.4 Å². The molecule has 4 N–H and O–H groups in total. The summed E-state index contributed by atoms with van der Waals surface area (Å²) in [6, 6.07) is 9.23. The molecule has 0 bridgehead atoms. The van der Waals surface area contributed by atoms with E-state index in [1.807, 2.05) is 18.2 Å². The minimum atomic E-state index is -2.64. The summed E-state index contributed by atoms with van der Waals surface area (Å²) < 4.78 is 28.3. The van der Waals surface area contributed by atoms with Crippen LogP contribution < -0.4 is 11.5 Å². The molecule has 24 heavy (non-hydrogen) atoms. The first-order valence-electron chi connectivity index (χ1n) is 6.82. The predicted molar refractivity (Wildman–Crippen MR) is 95.5 cm³/mol. The van der Waals surface area contributed by atoms with Gasteiger partial charge in [-0.05, 0) is 19.8 Å². The second-order valence-corrected chi connectivity index (χ2v) is 5.11. The quantitative estimate of drug-likeness (QED) is 0.328. The Balaban J connectivity index is 0. The number of hydrogen-bond acceptors (Lipinski definition) is 6. The Bertz CT molecular complexity index is 623. The third kappa shape index (κ3) is 13.5. The van der Waals surface area contributed by atoms with E-state index in [0.717, 1.165) is 7.11 Å². The number of carbonyl (C=O) groups excluding carboxylic acids is 1. The highest BCUT2D eigenvalue weighted by atomic mass is 35.5. The summed E-state index contributed by atoms with van der Waals surface area (Å²) in [7, 11) is -1.48. The molecular formula is C14H23ClN4O4S. The molecule has 0 aliphatic carbocycles. The average Bonchev–Trinajstić information content (AvgIpc) is 2.50. The maximum atomic E-state index is 11.1. The van der Waals surface area contributed by atoms with E-state index in [0.29, 0.717) is 13.0 Å². The molecule has 1 unspecified atom stereocenters. The van der Waals surface area contributed by atoms with Crippen molar-refractivity contribution in [3.63, 3.8) is 0 Å². The van der Waals surface area contributed by atoms with Crippen LogP contribution in [0.4, 0.5) is 0 Å². The predicted octanol–water partition coefficient (Wildman–Crippen LogP) is 1.06. The molecule has 0 aliphatic rings. The van der Waals surface area contributed by atoms with E-state index in [9.17, 15) is 13.2 Å². The van der Waals surface area contributed by atoms with Crippen LogP contribution in [-0.4, -0.2) is 40.0 Å². The minimum Gasteiger partial charge on any atom is -0.467 e. The summed E-state index contributed by atoms with van der Waals surface area (Å²) in [5, 5.41) is 0. The van der Waals surface area contributed by atoms with Gasteiger partial charge in [0.1, 0.15) is 0 Å². The molecule has 0 aromatic heterocycles. The standard InChI is InChI=1S/C7H14N4O4S.C7H8.ClH/c1-15-6(12)5(11-16(13)14)3-2-4-10-7(8)9;1-7-5-3-2-4-6-7;/h5H,2-4H2,1H3,(H4,8,9,10);2-6H,1H3;1H. The zero-order valence-electron chi connectivity index (χ0n) is 13.6. The van der Waals surface area contributed by atoms with Crippen molar-refractivity contribution in [3.05, 3.63) is 35.9 Å². The SMILES string of the molecule is COC(=O)C(CCCN=C(N)N)N=S(=O)=O.Cc1ccccc1.Cl. The van der Waals surface area contributed by atoms with Crippen molar-refractivity contribution in [2.45, 2.75) is 25.8 Å². The molecule has 0 fully saturated rings. The number of nitrogens with two attached hydrogens (primary N) is 2. The Morgan fingerprint density at radius 1 is 1.25 bits per heavy atom. The van der Waals surface area contributed by atoms with Gasteiger partial charge >= 0.3 is 16.5 Å². The molecule has 1 rings (SSSR count). The van der Waals surface area contributed by atoms with Gasteiger partial charge < -0.3 is 16.2 Å². The smallest absolute Gasteiger partial charge is 0.331 e. The van der Waals surface area contributed by atoms with Crippen LogP contribution in [0.25, 0.3) is 0 Å². The van der Waals surface area contributed by atoms with Crippen molar-refractivity contribution >= 4 is 34.8 Å². The van der Waals surface area contributed by atoms with Gasteiger partial charge in [-0.15, -0.1) is 12.4 Å². The number of halogens is 1. The number of nitrogens with zero attached hydrogens (tertiary/aromatic N) is 2. The first-order chi connectivity index (χ1) is 10.9. The molecule has 0 saturated heterocycles. The molecule has 0 radical (unpaired) electrons. The molecule has 1 aromatic carbocycles. The van der Waals surface area contributed by atoms with Crippen LogP contribution in [0.5, 0.6) is 0 Å². The lowest BCUT2D eigenvalue weighted by molar-refractivity contribution is -0.142. The van der Waals surface area contributed by atoms with E-state index in [4.69, 9.17) is 11.5 Å². The van der Waals surface area contributed by atoms with Crippen LogP contribution in [0, 0.1) is 6.92 Å². The number of hydrogen-bond donors (Lipinski definition) is 2. The highest BCUT2D eigenvalue weighted by Gasteiger charge is 2.18. The molecule has 8 nitrogen and oxygen atoms in total. The van der Waals surface area contributed by atoms with E-state index in [2.05, 4.69) is 33.1 Å². The van der Waals surface area contributed by atoms with Gasteiger partial charge in [0, 0.05) is 6.54 Å². The summed E-state index contributed by atoms with van der Waals surface area (Å²) in [5.74, 6) is -0.757. The fourth-order valence-corrected chi connectivity index (χ4v) is 1.88. The molecule has 0 heterocycles. The minimum absolute atomic E-state index is 0. The normalized spacial score (nSPS) is 10.1. The van der Waals surface area contributed by atoms with Crippen LogP contribution in [0.15, 0.2) is 39.7 Å². The number of guanidine groups is 1. The number of esters is 1. The Kier molecular flexibility index (Phi) is 14.5. The lowest BCUT2D eigenvalue weighted by Gasteiger charge is -2.06. The zero-order chi connectivity index (χ0) is 17.7. The number of benzene rings is 1. The number of aliphatic imine (C=N–C) groups is 1. The van der Waals surface area contributed by atoms with Gasteiger partial charge in [-0.3, -0.25) is 4.99 Å². The van der Waals surface area contributed by atoms with Crippen molar-refractivity contribution in [2.75, 3.05) is 13.7 Å². The fourth-order valence-electron chi connectivity index (χ4n) is 1.48. The van der Waals surface area contributed by atoms with E-state index in [1.54, 1.807) is 0 Å². The van der Waals surface area contributed by atoms with Crippen molar-refractivity contribution in [2.24, 2.45) is 20.8 Å². The third-order valence-corrected chi connectivity index (χ3v) is 2.98. The van der Waals surface area contributed by atoms with Gasteiger partial charge in [-0.1, -0.05) is 35.9 Å². The number of aryl methyl sites for hydroxylation is 1. The summed E-state index contributed by atoms with van der Waals surface area (Å²) in [5.41, 5.74) is 11.5. The Morgan fingerprint density at radius 3 is 2.21 bits per heavy atom. The Morgan fingerprint density at radius 2 is 1.83 bits per heavy atom. The van der Waals surface area contributed by atoms with Gasteiger partial charge in [0.2, 0.25) is 0 Å². The molecule has 1 atom stereocenters. The monoisotopic (exact) mass is 378 g/mol. The van der Waals surface area contributed by atoms with Crippen LogP contribution in [0.2, 0.25) is 0 Å². The van der Waals surface area contributed by atoms with Crippen LogP contribution in [0.3, 0.4) is 0 Å². The Hall–Kier alpha value is -2.13. The van der Waals surface area contributed by atoms with Crippen LogP contribution in [0.1, 0.15) is 18.4 Å². The Labute approximate surface area is 149 Å². The topological polar surface area (TPSA) is 137 Å². The summed E-state index contributed by atoms with van der Waals surface area (Å²) in [6.45, 7) is 2.39. The number of ether oxygens (including phenoxy) is 1. The molecule has 136 valence electrons. The van der Waals surface area contributed by atoms with E-state index < -0.39 is 22.5 Å². The van der Waals surface area contributed by atoms with E-state index in [1.165, 1.54) is 5.56 Å². The molecule has 0 spiro atoms. The fraction of sp³-hybridized carbons (Fsp3) is 0.429. The number of carbonyl (C=O) groups is 1. The third-order valence-electron chi connectivity index (χ3n) is 2.56. The largest absolute Gasteiger partial charge is 0.467 e. The first-order valence-corrected chi connectivity index (χ1v) is 7.85. The summed E-state index contributed by atoms with van der Waals surface area (Å²) in [4.78, 5) is 14.8. The van der Waals surface area contributed by atoms with Gasteiger partial charge in [-0.25, -0.2) is 4.79 Å².